The molecule has 0 saturated carbocycles. The lowest BCUT2D eigenvalue weighted by molar-refractivity contribution is 0.0439. The first-order valence-corrected chi connectivity index (χ1v) is 8.29. The van der Waals surface area contributed by atoms with Crippen molar-refractivity contribution in [3.63, 3.8) is 0 Å². The highest BCUT2D eigenvalue weighted by atomic mass is 79.9. The summed E-state index contributed by atoms with van der Waals surface area (Å²) in [5, 5.41) is 8.21. The molecule has 0 atom stereocenters. The fraction of sp³-hybridized carbons (Fsp3) is 0.0625. The van der Waals surface area contributed by atoms with Crippen LogP contribution in [0.5, 0.6) is 0 Å². The van der Waals surface area contributed by atoms with Crippen LogP contribution in [0.4, 0.5) is 0 Å². The summed E-state index contributed by atoms with van der Waals surface area (Å²) >= 11 is 15.2. The van der Waals surface area contributed by atoms with Gasteiger partial charge >= 0.3 is 5.97 Å². The van der Waals surface area contributed by atoms with Gasteiger partial charge in [0.25, 0.3) is 5.89 Å². The Morgan fingerprint density at radius 1 is 1.12 bits per heavy atom. The van der Waals surface area contributed by atoms with Gasteiger partial charge in [-0.25, -0.2) is 4.79 Å². The van der Waals surface area contributed by atoms with Gasteiger partial charge in [-0.1, -0.05) is 45.2 Å². The average molecular weight is 428 g/mol. The fourth-order valence-corrected chi connectivity index (χ4v) is 2.53. The number of halogens is 3. The summed E-state index contributed by atoms with van der Waals surface area (Å²) < 4.78 is 11.6. The molecule has 0 N–H and O–H groups in total. The van der Waals surface area contributed by atoms with E-state index in [9.17, 15) is 4.79 Å². The molecule has 0 unspecified atom stereocenters. The molecule has 0 spiro atoms. The lowest BCUT2D eigenvalue weighted by atomic mass is 10.2. The van der Waals surface area contributed by atoms with Gasteiger partial charge < -0.3 is 9.15 Å². The minimum Gasteiger partial charge on any atom is -0.452 e. The van der Waals surface area contributed by atoms with Crippen LogP contribution in [0.2, 0.25) is 10.0 Å². The van der Waals surface area contributed by atoms with Gasteiger partial charge in [0.1, 0.15) is 0 Å². The highest BCUT2D eigenvalue weighted by molar-refractivity contribution is 9.10. The van der Waals surface area contributed by atoms with E-state index >= 15 is 0 Å². The first-order chi connectivity index (χ1) is 11.5. The number of nitrogens with zero attached hydrogens (tertiary/aromatic N) is 2. The molecule has 0 fully saturated rings. The summed E-state index contributed by atoms with van der Waals surface area (Å²) in [5.74, 6) is -0.0975. The predicted molar refractivity (Wildman–Crippen MR) is 93.0 cm³/mol. The lowest BCUT2D eigenvalue weighted by Crippen LogP contribution is -2.06. The summed E-state index contributed by atoms with van der Waals surface area (Å²) in [6, 6.07) is 12.1. The van der Waals surface area contributed by atoms with Gasteiger partial charge in [-0.3, -0.25) is 0 Å². The zero-order valence-electron chi connectivity index (χ0n) is 12.0. The van der Waals surface area contributed by atoms with Crippen molar-refractivity contribution in [2.24, 2.45) is 0 Å². The first-order valence-electron chi connectivity index (χ1n) is 6.74. The van der Waals surface area contributed by atoms with Gasteiger partial charge in [0.05, 0.1) is 15.6 Å². The number of carbonyl (C=O) groups is 1. The van der Waals surface area contributed by atoms with Crippen LogP contribution in [0.25, 0.3) is 11.5 Å². The summed E-state index contributed by atoms with van der Waals surface area (Å²) in [4.78, 5) is 12.0. The van der Waals surface area contributed by atoms with E-state index in [2.05, 4.69) is 26.1 Å². The Morgan fingerprint density at radius 3 is 2.62 bits per heavy atom. The number of hydrogen-bond donors (Lipinski definition) is 0. The minimum absolute atomic E-state index is 0.144. The largest absolute Gasteiger partial charge is 0.452 e. The molecule has 0 radical (unpaired) electrons. The Hall–Kier alpha value is -1.89. The molecular formula is C16H9BrCl2N2O3. The highest BCUT2D eigenvalue weighted by Crippen LogP contribution is 2.26. The van der Waals surface area contributed by atoms with Gasteiger partial charge in [0.15, 0.2) is 6.61 Å². The second kappa shape index (κ2) is 7.34. The second-order valence-corrected chi connectivity index (χ2v) is 6.39. The average Bonchev–Trinajstić information content (AvgIpc) is 3.05. The third-order valence-electron chi connectivity index (χ3n) is 3.06. The third-order valence-corrected chi connectivity index (χ3v) is 4.40. The van der Waals surface area contributed by atoms with Crippen molar-refractivity contribution in [3.8, 4) is 11.5 Å². The maximum atomic E-state index is 12.0. The normalized spacial score (nSPS) is 10.6. The third kappa shape index (κ3) is 3.77. The molecule has 3 rings (SSSR count). The molecular weight excluding hydrogens is 419 g/mol. The van der Waals surface area contributed by atoms with Crippen LogP contribution in [-0.2, 0) is 11.3 Å². The Balaban J connectivity index is 1.68. The molecule has 0 aliphatic rings. The van der Waals surface area contributed by atoms with Crippen molar-refractivity contribution in [3.05, 3.63) is 68.4 Å². The molecule has 24 heavy (non-hydrogen) atoms. The summed E-state index contributed by atoms with van der Waals surface area (Å²) in [6.07, 6.45) is 0. The lowest BCUT2D eigenvalue weighted by Gasteiger charge is -2.05. The number of benzene rings is 2. The number of ether oxygens (including phenoxy) is 1. The maximum Gasteiger partial charge on any atom is 0.340 e. The first kappa shape index (κ1) is 17.0. The van der Waals surface area contributed by atoms with Crippen molar-refractivity contribution in [2.75, 3.05) is 0 Å². The van der Waals surface area contributed by atoms with Crippen LogP contribution in [0.3, 0.4) is 0 Å². The topological polar surface area (TPSA) is 65.2 Å². The summed E-state index contributed by atoms with van der Waals surface area (Å²) in [6.45, 7) is -0.162. The molecule has 1 aromatic heterocycles. The van der Waals surface area contributed by atoms with E-state index < -0.39 is 5.97 Å². The number of hydrogen-bond acceptors (Lipinski definition) is 5. The molecule has 0 aliphatic carbocycles. The number of esters is 1. The fourth-order valence-electron chi connectivity index (χ4n) is 1.89. The summed E-state index contributed by atoms with van der Waals surface area (Å²) in [7, 11) is 0. The van der Waals surface area contributed by atoms with Crippen molar-refractivity contribution in [1.82, 2.24) is 10.2 Å². The minimum atomic E-state index is -0.620. The number of carbonyl (C=O) groups excluding carboxylic acids is 1. The quantitative estimate of drug-likeness (QED) is 0.537. The van der Waals surface area contributed by atoms with E-state index in [1.807, 2.05) is 24.3 Å². The molecule has 1 heterocycles. The zero-order valence-corrected chi connectivity index (χ0v) is 15.1. The smallest absolute Gasteiger partial charge is 0.340 e. The molecule has 5 nitrogen and oxygen atoms in total. The van der Waals surface area contributed by atoms with Crippen molar-refractivity contribution in [1.29, 1.82) is 0 Å². The van der Waals surface area contributed by atoms with E-state index in [4.69, 9.17) is 32.4 Å². The van der Waals surface area contributed by atoms with E-state index in [-0.39, 0.29) is 28.1 Å². The molecule has 2 aromatic carbocycles. The van der Waals surface area contributed by atoms with Crippen LogP contribution in [0.15, 0.2) is 51.4 Å². The highest BCUT2D eigenvalue weighted by Gasteiger charge is 2.16. The monoisotopic (exact) mass is 426 g/mol. The van der Waals surface area contributed by atoms with Gasteiger partial charge in [0, 0.05) is 10.0 Å². The number of aromatic nitrogens is 2. The molecule has 0 amide bonds. The predicted octanol–water partition coefficient (Wildman–Crippen LogP) is 5.16. The molecule has 0 aliphatic heterocycles. The van der Waals surface area contributed by atoms with Gasteiger partial charge in [-0.15, -0.1) is 10.2 Å². The Labute approximate surface area is 155 Å². The Bertz CT molecular complexity index is 881. The SMILES string of the molecule is O=C(OCc1nnc(-c2ccc(Br)cc2)o1)c1cccc(Cl)c1Cl. The molecule has 0 bridgehead atoms. The van der Waals surface area contributed by atoms with E-state index in [0.717, 1.165) is 10.0 Å². The van der Waals surface area contributed by atoms with Crippen LogP contribution in [-0.4, -0.2) is 16.2 Å². The summed E-state index contributed by atoms with van der Waals surface area (Å²) in [5.41, 5.74) is 0.943. The molecule has 3 aromatic rings. The van der Waals surface area contributed by atoms with E-state index in [1.165, 1.54) is 6.07 Å². The van der Waals surface area contributed by atoms with E-state index in [0.29, 0.717) is 5.89 Å². The van der Waals surface area contributed by atoms with Crippen LogP contribution < -0.4 is 0 Å². The van der Waals surface area contributed by atoms with E-state index in [1.54, 1.807) is 12.1 Å². The maximum absolute atomic E-state index is 12.0. The van der Waals surface area contributed by atoms with Gasteiger partial charge in [-0.2, -0.15) is 0 Å². The van der Waals surface area contributed by atoms with Crippen LogP contribution in [0, 0.1) is 0 Å². The standard InChI is InChI=1S/C16H9BrCl2N2O3/c17-10-6-4-9(5-7-10)15-21-20-13(24-15)8-23-16(22)11-2-1-3-12(18)14(11)19/h1-7H,8H2. The van der Waals surface area contributed by atoms with Crippen molar-refractivity contribution in [2.45, 2.75) is 6.61 Å². The van der Waals surface area contributed by atoms with Gasteiger partial charge in [-0.05, 0) is 36.4 Å². The van der Waals surface area contributed by atoms with Crippen LogP contribution in [0.1, 0.15) is 16.2 Å². The van der Waals surface area contributed by atoms with Gasteiger partial charge in [0.2, 0.25) is 5.89 Å². The Morgan fingerprint density at radius 2 is 1.88 bits per heavy atom. The Kier molecular flexibility index (Phi) is 5.18. The van der Waals surface area contributed by atoms with Crippen molar-refractivity contribution >= 4 is 45.1 Å². The second-order valence-electron chi connectivity index (χ2n) is 4.69. The molecule has 0 saturated heterocycles. The van der Waals surface area contributed by atoms with Crippen molar-refractivity contribution < 1.29 is 13.9 Å². The number of rotatable bonds is 4. The molecule has 122 valence electrons. The molecule has 8 heteroatoms. The van der Waals surface area contributed by atoms with Crippen LogP contribution >= 0.6 is 39.1 Å². The zero-order chi connectivity index (χ0) is 17.1.